The van der Waals surface area contributed by atoms with Crippen LogP contribution in [0.25, 0.3) is 0 Å². The van der Waals surface area contributed by atoms with Crippen LogP contribution in [-0.4, -0.2) is 22.2 Å². The summed E-state index contributed by atoms with van der Waals surface area (Å²) in [5.41, 5.74) is 0.0853. The Balaban J connectivity index is 1.90. The standard InChI is InChI=1S/C19H30O4/c1-18-8-3-4-14(18)13-6-5-12(10-16(20)21)19(2,11-17(22)23)15(13)7-9-18/h12-15H,3-11H2,1-2H3,(H,20,21)(H,22,23)/t12-,13+,14+,15-,18+,19-/m1/s1. The van der Waals surface area contributed by atoms with Crippen LogP contribution in [0, 0.1) is 34.5 Å². The van der Waals surface area contributed by atoms with Gasteiger partial charge in [0.2, 0.25) is 0 Å². The molecule has 0 aromatic carbocycles. The van der Waals surface area contributed by atoms with Crippen molar-refractivity contribution in [3.05, 3.63) is 0 Å². The van der Waals surface area contributed by atoms with Crippen molar-refractivity contribution in [3.63, 3.8) is 0 Å². The number of carboxylic acid groups (broad SMARTS) is 2. The van der Waals surface area contributed by atoms with Gasteiger partial charge in [-0.25, -0.2) is 0 Å². The summed E-state index contributed by atoms with van der Waals surface area (Å²) in [6.45, 7) is 4.50. The molecule has 3 aliphatic rings. The van der Waals surface area contributed by atoms with E-state index in [9.17, 15) is 19.8 Å². The number of fused-ring (bicyclic) bond motifs is 3. The van der Waals surface area contributed by atoms with Crippen molar-refractivity contribution >= 4 is 11.9 Å². The van der Waals surface area contributed by atoms with Gasteiger partial charge in [-0.2, -0.15) is 0 Å². The molecule has 2 N–H and O–H groups in total. The van der Waals surface area contributed by atoms with Gasteiger partial charge in [0.1, 0.15) is 0 Å². The van der Waals surface area contributed by atoms with E-state index in [2.05, 4.69) is 13.8 Å². The zero-order valence-electron chi connectivity index (χ0n) is 14.4. The average molecular weight is 322 g/mol. The highest BCUT2D eigenvalue weighted by Gasteiger charge is 2.57. The molecule has 0 aliphatic heterocycles. The van der Waals surface area contributed by atoms with Gasteiger partial charge < -0.3 is 10.2 Å². The lowest BCUT2D eigenvalue weighted by molar-refractivity contribution is -0.154. The van der Waals surface area contributed by atoms with Crippen molar-refractivity contribution in [1.82, 2.24) is 0 Å². The summed E-state index contributed by atoms with van der Waals surface area (Å²) in [5, 5.41) is 18.7. The van der Waals surface area contributed by atoms with Crippen molar-refractivity contribution in [3.8, 4) is 0 Å². The number of carbonyl (C=O) groups is 2. The lowest BCUT2D eigenvalue weighted by atomic mass is 9.47. The molecular weight excluding hydrogens is 292 g/mol. The van der Waals surface area contributed by atoms with Gasteiger partial charge in [0.25, 0.3) is 0 Å². The molecule has 3 aliphatic carbocycles. The maximum Gasteiger partial charge on any atom is 0.303 e. The van der Waals surface area contributed by atoms with Gasteiger partial charge >= 0.3 is 11.9 Å². The molecule has 0 heterocycles. The molecule has 3 rings (SSSR count). The smallest absolute Gasteiger partial charge is 0.303 e. The molecule has 0 saturated heterocycles. The van der Waals surface area contributed by atoms with E-state index in [1.165, 1.54) is 25.7 Å². The quantitative estimate of drug-likeness (QED) is 0.814. The highest BCUT2D eigenvalue weighted by molar-refractivity contribution is 5.69. The molecule has 3 fully saturated rings. The van der Waals surface area contributed by atoms with E-state index >= 15 is 0 Å². The van der Waals surface area contributed by atoms with Crippen molar-refractivity contribution in [2.45, 2.75) is 71.6 Å². The first-order valence-corrected chi connectivity index (χ1v) is 9.20. The third-order valence-corrected chi connectivity index (χ3v) is 7.80. The Bertz CT molecular complexity index is 502. The molecule has 6 atom stereocenters. The van der Waals surface area contributed by atoms with Crippen LogP contribution < -0.4 is 0 Å². The van der Waals surface area contributed by atoms with Gasteiger partial charge in [-0.05, 0) is 73.0 Å². The summed E-state index contributed by atoms with van der Waals surface area (Å²) < 4.78 is 0. The zero-order valence-corrected chi connectivity index (χ0v) is 14.4. The Labute approximate surface area is 138 Å². The first-order valence-electron chi connectivity index (χ1n) is 9.20. The average Bonchev–Trinajstić information content (AvgIpc) is 2.82. The summed E-state index contributed by atoms with van der Waals surface area (Å²) in [6.07, 6.45) is 8.38. The van der Waals surface area contributed by atoms with Crippen LogP contribution in [0.1, 0.15) is 71.6 Å². The number of hydrogen-bond donors (Lipinski definition) is 2. The lowest BCUT2D eigenvalue weighted by Gasteiger charge is -2.58. The minimum Gasteiger partial charge on any atom is -0.481 e. The van der Waals surface area contributed by atoms with Crippen molar-refractivity contribution in [2.75, 3.05) is 0 Å². The van der Waals surface area contributed by atoms with Crippen LogP contribution in [0.2, 0.25) is 0 Å². The van der Waals surface area contributed by atoms with Crippen LogP contribution in [0.15, 0.2) is 0 Å². The molecule has 4 heteroatoms. The molecule has 0 aromatic rings. The fourth-order valence-electron chi connectivity index (χ4n) is 6.68. The number of carboxylic acids is 2. The fourth-order valence-corrected chi connectivity index (χ4v) is 6.68. The van der Waals surface area contributed by atoms with Crippen molar-refractivity contribution in [1.29, 1.82) is 0 Å². The molecule has 0 unspecified atom stereocenters. The molecule has 23 heavy (non-hydrogen) atoms. The van der Waals surface area contributed by atoms with E-state index < -0.39 is 11.9 Å². The summed E-state index contributed by atoms with van der Waals surface area (Å²) in [7, 11) is 0. The van der Waals surface area contributed by atoms with Crippen molar-refractivity contribution in [2.24, 2.45) is 34.5 Å². The van der Waals surface area contributed by atoms with Gasteiger partial charge in [-0.3, -0.25) is 9.59 Å². The topological polar surface area (TPSA) is 74.6 Å². The number of hydrogen-bond acceptors (Lipinski definition) is 2. The summed E-state index contributed by atoms with van der Waals surface area (Å²) >= 11 is 0. The monoisotopic (exact) mass is 322 g/mol. The predicted molar refractivity (Wildman–Crippen MR) is 87.0 cm³/mol. The first kappa shape index (κ1) is 16.8. The predicted octanol–water partition coefficient (Wildman–Crippen LogP) is 4.18. The fraction of sp³-hybridized carbons (Fsp3) is 0.895. The molecule has 0 spiro atoms. The Kier molecular flexibility index (Phi) is 4.22. The second kappa shape index (κ2) is 5.78. The van der Waals surface area contributed by atoms with Gasteiger partial charge in [0.05, 0.1) is 6.42 Å². The van der Waals surface area contributed by atoms with Gasteiger partial charge in [0.15, 0.2) is 0 Å². The van der Waals surface area contributed by atoms with Crippen LogP contribution >= 0.6 is 0 Å². The van der Waals surface area contributed by atoms with Crippen LogP contribution in [0.3, 0.4) is 0 Å². The zero-order chi connectivity index (χ0) is 16.8. The van der Waals surface area contributed by atoms with Crippen molar-refractivity contribution < 1.29 is 19.8 Å². The van der Waals surface area contributed by atoms with E-state index in [1.807, 2.05) is 0 Å². The SMILES string of the molecule is C[C@@]12CCC[C@H]1[C@@H]1CC[C@H](CC(=O)O)[C@@](C)(CC(=O)O)[C@@H]1CC2. The van der Waals surface area contributed by atoms with E-state index in [0.717, 1.165) is 25.2 Å². The minimum absolute atomic E-state index is 0.00288. The molecule has 0 aromatic heterocycles. The molecule has 0 radical (unpaired) electrons. The Morgan fingerprint density at radius 2 is 1.70 bits per heavy atom. The Morgan fingerprint density at radius 1 is 0.957 bits per heavy atom. The molecule has 130 valence electrons. The highest BCUT2D eigenvalue weighted by atomic mass is 16.4. The third kappa shape index (κ3) is 2.78. The maximum atomic E-state index is 11.5. The van der Waals surface area contributed by atoms with Crippen LogP contribution in [-0.2, 0) is 9.59 Å². The molecule has 3 saturated carbocycles. The van der Waals surface area contributed by atoms with Gasteiger partial charge in [0, 0.05) is 6.42 Å². The molecule has 0 amide bonds. The van der Waals surface area contributed by atoms with E-state index in [1.54, 1.807) is 0 Å². The lowest BCUT2D eigenvalue weighted by Crippen LogP contribution is -2.52. The largest absolute Gasteiger partial charge is 0.481 e. The molecule has 4 nitrogen and oxygen atoms in total. The maximum absolute atomic E-state index is 11.5. The normalized spacial score (nSPS) is 46.0. The van der Waals surface area contributed by atoms with Gasteiger partial charge in [-0.1, -0.05) is 20.3 Å². The Morgan fingerprint density at radius 3 is 2.35 bits per heavy atom. The van der Waals surface area contributed by atoms with Gasteiger partial charge in [-0.15, -0.1) is 0 Å². The summed E-state index contributed by atoms with van der Waals surface area (Å²) in [6, 6.07) is 0. The minimum atomic E-state index is -0.786. The first-order chi connectivity index (χ1) is 10.8. The second-order valence-electron chi connectivity index (χ2n) is 8.91. The van der Waals surface area contributed by atoms with E-state index in [-0.39, 0.29) is 24.2 Å². The summed E-state index contributed by atoms with van der Waals surface area (Å²) in [5.74, 6) is 0.150. The summed E-state index contributed by atoms with van der Waals surface area (Å²) in [4.78, 5) is 22.8. The highest BCUT2D eigenvalue weighted by Crippen LogP contribution is 2.64. The van der Waals surface area contributed by atoms with E-state index in [0.29, 0.717) is 17.3 Å². The molecule has 0 bridgehead atoms. The van der Waals surface area contributed by atoms with E-state index in [4.69, 9.17) is 0 Å². The third-order valence-electron chi connectivity index (χ3n) is 7.80. The number of aliphatic carboxylic acids is 2. The second-order valence-corrected chi connectivity index (χ2v) is 8.91. The van der Waals surface area contributed by atoms with Crippen LogP contribution in [0.4, 0.5) is 0 Å². The van der Waals surface area contributed by atoms with Crippen LogP contribution in [0.5, 0.6) is 0 Å². The Hall–Kier alpha value is -1.06. The molecular formula is C19H30O4. The number of rotatable bonds is 4.